The number of nitrogens with zero attached hydrogens (tertiary/aromatic N) is 3. The highest BCUT2D eigenvalue weighted by Crippen LogP contribution is 2.35. The van der Waals surface area contributed by atoms with Crippen LogP contribution < -0.4 is 9.64 Å². The average molecular weight is 580 g/mol. The number of carboxylic acids is 1. The van der Waals surface area contributed by atoms with E-state index >= 15 is 4.39 Å². The third-order valence-electron chi connectivity index (χ3n) is 8.38. The molecule has 0 radical (unpaired) electrons. The molecule has 10 heteroatoms. The van der Waals surface area contributed by atoms with Gasteiger partial charge < -0.3 is 24.7 Å². The third-order valence-corrected chi connectivity index (χ3v) is 8.38. The molecule has 0 bridgehead atoms. The van der Waals surface area contributed by atoms with Crippen molar-refractivity contribution in [3.63, 3.8) is 0 Å². The number of ether oxygens (including phenoxy) is 1. The highest BCUT2D eigenvalue weighted by atomic mass is 19.1. The maximum Gasteiger partial charge on any atom is 0.306 e. The number of aliphatic carboxylic acids is 1. The molecule has 42 heavy (non-hydrogen) atoms. The Morgan fingerprint density at radius 1 is 1.00 bits per heavy atom. The molecule has 0 saturated carbocycles. The van der Waals surface area contributed by atoms with E-state index in [0.717, 1.165) is 35.6 Å². The van der Waals surface area contributed by atoms with E-state index in [-0.39, 0.29) is 29.7 Å². The van der Waals surface area contributed by atoms with E-state index in [1.807, 2.05) is 24.0 Å². The minimum atomic E-state index is -0.821. The second-order valence-corrected chi connectivity index (χ2v) is 11.0. The molecule has 2 N–H and O–H groups in total. The number of aryl methyl sites for hydroxylation is 1. The Balaban J connectivity index is 1.30. The van der Waals surface area contributed by atoms with Crippen molar-refractivity contribution in [3.8, 4) is 17.0 Å². The van der Waals surface area contributed by atoms with Crippen LogP contribution in [0.25, 0.3) is 11.3 Å². The van der Waals surface area contributed by atoms with Crippen LogP contribution in [-0.2, 0) is 16.2 Å². The van der Waals surface area contributed by atoms with Crippen molar-refractivity contribution in [1.29, 1.82) is 0 Å². The molecule has 0 aliphatic carbocycles. The fourth-order valence-corrected chi connectivity index (χ4v) is 5.85. The molecular weight excluding hydrogens is 544 g/mol. The van der Waals surface area contributed by atoms with Crippen LogP contribution in [0, 0.1) is 24.5 Å². The number of pyridine rings is 1. The maximum absolute atomic E-state index is 15.1. The number of aliphatic hydroxyl groups excluding tert-OH is 1. The van der Waals surface area contributed by atoms with Gasteiger partial charge in [-0.3, -0.25) is 9.59 Å². The Bertz CT molecular complexity index is 1450. The largest absolute Gasteiger partial charge is 0.485 e. The molecule has 222 valence electrons. The number of amides is 1. The van der Waals surface area contributed by atoms with E-state index in [0.29, 0.717) is 56.5 Å². The summed E-state index contributed by atoms with van der Waals surface area (Å²) in [6.45, 7) is 3.85. The number of benzene rings is 2. The number of piperidine rings is 2. The van der Waals surface area contributed by atoms with Crippen molar-refractivity contribution in [2.75, 3.05) is 37.7 Å². The Morgan fingerprint density at radius 2 is 1.74 bits per heavy atom. The summed E-state index contributed by atoms with van der Waals surface area (Å²) in [5.41, 5.74) is 3.57. The van der Waals surface area contributed by atoms with Gasteiger partial charge in [-0.15, -0.1) is 0 Å². The Hall–Kier alpha value is -4.05. The number of carbonyl (C=O) groups excluding carboxylic acids is 1. The second kappa shape index (κ2) is 12.9. The number of carboxylic acid groups (broad SMARTS) is 1. The first-order valence-electron chi connectivity index (χ1n) is 14.3. The number of aromatic nitrogens is 1. The summed E-state index contributed by atoms with van der Waals surface area (Å²) in [7, 11) is 0. The van der Waals surface area contributed by atoms with Gasteiger partial charge in [0, 0.05) is 37.8 Å². The van der Waals surface area contributed by atoms with Gasteiger partial charge in [0.2, 0.25) is 5.91 Å². The predicted molar refractivity (Wildman–Crippen MR) is 153 cm³/mol. The number of carbonyl (C=O) groups is 2. The van der Waals surface area contributed by atoms with Crippen LogP contribution in [0.2, 0.25) is 0 Å². The lowest BCUT2D eigenvalue weighted by molar-refractivity contribution is -0.142. The molecule has 2 fully saturated rings. The van der Waals surface area contributed by atoms with Crippen molar-refractivity contribution < 1.29 is 33.3 Å². The molecule has 0 atom stereocenters. The highest BCUT2D eigenvalue weighted by molar-refractivity contribution is 5.77. The quantitative estimate of drug-likeness (QED) is 0.391. The van der Waals surface area contributed by atoms with E-state index in [9.17, 15) is 19.1 Å². The molecule has 1 aromatic heterocycles. The molecule has 2 aromatic carbocycles. The van der Waals surface area contributed by atoms with Crippen molar-refractivity contribution in [1.82, 2.24) is 9.88 Å². The zero-order valence-electron chi connectivity index (χ0n) is 23.6. The highest BCUT2D eigenvalue weighted by Gasteiger charge is 2.26. The topological polar surface area (TPSA) is 103 Å². The maximum atomic E-state index is 15.1. The number of rotatable bonds is 8. The zero-order chi connectivity index (χ0) is 29.8. The molecule has 2 saturated heterocycles. The SMILES string of the molecule is Cc1cc(C2CCN(C(=O)CO)CC2)ccc1COc1c(F)cc(F)cc1-c1cccc(N2CCC(C(=O)O)CC2)n1. The number of anilines is 1. The summed E-state index contributed by atoms with van der Waals surface area (Å²) in [5, 5.41) is 18.4. The number of likely N-dealkylation sites (tertiary alicyclic amines) is 1. The van der Waals surface area contributed by atoms with Crippen LogP contribution in [0.1, 0.15) is 48.3 Å². The first-order valence-corrected chi connectivity index (χ1v) is 14.3. The van der Waals surface area contributed by atoms with Crippen molar-refractivity contribution in [2.45, 2.75) is 45.1 Å². The molecule has 0 spiro atoms. The van der Waals surface area contributed by atoms with Gasteiger partial charge in [-0.2, -0.15) is 0 Å². The summed E-state index contributed by atoms with van der Waals surface area (Å²) in [4.78, 5) is 31.4. The van der Waals surface area contributed by atoms with Crippen LogP contribution in [0.3, 0.4) is 0 Å². The predicted octanol–water partition coefficient (Wildman–Crippen LogP) is 4.91. The van der Waals surface area contributed by atoms with E-state index in [1.165, 1.54) is 6.07 Å². The van der Waals surface area contributed by atoms with E-state index < -0.39 is 24.2 Å². The summed E-state index contributed by atoms with van der Waals surface area (Å²) in [6.07, 6.45) is 2.64. The number of halogens is 2. The third kappa shape index (κ3) is 6.54. The van der Waals surface area contributed by atoms with Gasteiger partial charge in [-0.25, -0.2) is 13.8 Å². The molecule has 2 aliphatic heterocycles. The van der Waals surface area contributed by atoms with Gasteiger partial charge in [0.15, 0.2) is 11.6 Å². The summed E-state index contributed by atoms with van der Waals surface area (Å²) < 4.78 is 35.5. The molecule has 5 rings (SSSR count). The Morgan fingerprint density at radius 3 is 2.40 bits per heavy atom. The van der Waals surface area contributed by atoms with Crippen LogP contribution >= 0.6 is 0 Å². The Labute approximate surface area is 243 Å². The molecule has 3 aromatic rings. The van der Waals surface area contributed by atoms with E-state index in [4.69, 9.17) is 9.84 Å². The van der Waals surface area contributed by atoms with Crippen LogP contribution in [0.4, 0.5) is 14.6 Å². The molecule has 1 amide bonds. The van der Waals surface area contributed by atoms with E-state index in [2.05, 4.69) is 11.1 Å². The number of hydrogen-bond donors (Lipinski definition) is 2. The van der Waals surface area contributed by atoms with Gasteiger partial charge in [-0.1, -0.05) is 24.3 Å². The smallest absolute Gasteiger partial charge is 0.306 e. The van der Waals surface area contributed by atoms with Gasteiger partial charge in [-0.05, 0) is 73.4 Å². The normalized spacial score (nSPS) is 16.5. The molecule has 8 nitrogen and oxygen atoms in total. The number of hydrogen-bond acceptors (Lipinski definition) is 6. The first kappa shape index (κ1) is 29.4. The van der Waals surface area contributed by atoms with Gasteiger partial charge in [0.05, 0.1) is 11.6 Å². The molecule has 3 heterocycles. The minimum Gasteiger partial charge on any atom is -0.485 e. The second-order valence-electron chi connectivity index (χ2n) is 11.0. The summed E-state index contributed by atoms with van der Waals surface area (Å²) in [6, 6.07) is 13.3. The fourth-order valence-electron chi connectivity index (χ4n) is 5.85. The van der Waals surface area contributed by atoms with Crippen LogP contribution in [-0.4, -0.2) is 64.8 Å². The monoisotopic (exact) mass is 579 g/mol. The van der Waals surface area contributed by atoms with Crippen LogP contribution in [0.5, 0.6) is 5.75 Å². The standard InChI is InChI=1S/C32H35F2N3O5/c1-20-15-23(21-7-13-37(14-8-21)30(39)18-38)5-6-24(20)19-42-31-26(16-25(33)17-27(31)34)28-3-2-4-29(35-28)36-11-9-22(10-12-36)32(40)41/h2-6,15-17,21-22,38H,7-14,18-19H2,1H3,(H,40,41). The van der Waals surface area contributed by atoms with Crippen LogP contribution in [0.15, 0.2) is 48.5 Å². The zero-order valence-corrected chi connectivity index (χ0v) is 23.6. The lowest BCUT2D eigenvalue weighted by Gasteiger charge is -2.32. The fraction of sp³-hybridized carbons (Fsp3) is 0.406. The first-order chi connectivity index (χ1) is 20.2. The molecular formula is C32H35F2N3O5. The lowest BCUT2D eigenvalue weighted by Crippen LogP contribution is -2.39. The van der Waals surface area contributed by atoms with Gasteiger partial charge in [0.1, 0.15) is 24.8 Å². The van der Waals surface area contributed by atoms with E-state index in [1.54, 1.807) is 23.1 Å². The Kier molecular flexibility index (Phi) is 9.01. The van der Waals surface area contributed by atoms with Gasteiger partial charge >= 0.3 is 5.97 Å². The summed E-state index contributed by atoms with van der Waals surface area (Å²) >= 11 is 0. The number of aliphatic hydroxyl groups is 1. The molecule has 2 aliphatic rings. The molecule has 0 unspecified atom stereocenters. The van der Waals surface area contributed by atoms with Gasteiger partial charge in [0.25, 0.3) is 0 Å². The van der Waals surface area contributed by atoms with Crippen molar-refractivity contribution >= 4 is 17.7 Å². The van der Waals surface area contributed by atoms with Crippen molar-refractivity contribution in [2.24, 2.45) is 5.92 Å². The average Bonchev–Trinajstić information content (AvgIpc) is 3.00. The minimum absolute atomic E-state index is 0.0769. The summed E-state index contributed by atoms with van der Waals surface area (Å²) in [5.74, 6) is -2.15. The lowest BCUT2D eigenvalue weighted by atomic mass is 9.88. The van der Waals surface area contributed by atoms with Crippen molar-refractivity contribution in [3.05, 3.63) is 76.9 Å².